The number of rotatable bonds is 6. The van der Waals surface area contributed by atoms with E-state index in [2.05, 4.69) is 0 Å². The van der Waals surface area contributed by atoms with E-state index in [1.165, 1.54) is 22.1 Å². The molecule has 2 aromatic rings. The van der Waals surface area contributed by atoms with Crippen LogP contribution in [0.15, 0.2) is 51.0 Å². The van der Waals surface area contributed by atoms with Gasteiger partial charge in [-0.2, -0.15) is 0 Å². The Morgan fingerprint density at radius 2 is 1.95 bits per heavy atom. The molecule has 0 atom stereocenters. The van der Waals surface area contributed by atoms with Gasteiger partial charge in [-0.05, 0) is 31.0 Å². The van der Waals surface area contributed by atoms with E-state index in [1.807, 2.05) is 30.3 Å². The third kappa shape index (κ3) is 3.84. The minimum absolute atomic E-state index is 0.0750. The fourth-order valence-corrected chi connectivity index (χ4v) is 2.59. The second-order valence-corrected chi connectivity index (χ2v) is 5.37. The van der Waals surface area contributed by atoms with Crippen molar-refractivity contribution in [1.29, 1.82) is 0 Å². The van der Waals surface area contributed by atoms with Crippen LogP contribution in [0.3, 0.4) is 0 Å². The first kappa shape index (κ1) is 15.6. The number of aliphatic hydroxyl groups is 1. The van der Waals surface area contributed by atoms with Crippen LogP contribution in [-0.2, 0) is 11.5 Å². The van der Waals surface area contributed by atoms with Crippen LogP contribution in [-0.4, -0.2) is 26.9 Å². The molecule has 1 N–H and O–H groups in total. The molecule has 6 nitrogen and oxygen atoms in total. The Morgan fingerprint density at radius 3 is 2.62 bits per heavy atom. The second kappa shape index (κ2) is 7.26. The van der Waals surface area contributed by atoms with Crippen molar-refractivity contribution in [3.05, 3.63) is 62.9 Å². The van der Waals surface area contributed by atoms with Crippen molar-refractivity contribution < 1.29 is 9.84 Å². The molecule has 0 saturated carbocycles. The van der Waals surface area contributed by atoms with Gasteiger partial charge < -0.3 is 9.84 Å². The summed E-state index contributed by atoms with van der Waals surface area (Å²) in [5.41, 5.74) is -0.397. The van der Waals surface area contributed by atoms with E-state index in [9.17, 15) is 9.59 Å². The lowest BCUT2D eigenvalue weighted by Gasteiger charge is -2.11. The highest BCUT2D eigenvalue weighted by Gasteiger charge is 2.10. The fraction of sp³-hybridized carbons (Fsp3) is 0.286. The number of aryl methyl sites for hydroxylation is 1. The molecule has 0 aliphatic rings. The molecule has 0 bridgehead atoms. The molecule has 1 aromatic carbocycles. The van der Waals surface area contributed by atoms with Gasteiger partial charge in [0.2, 0.25) is 0 Å². The van der Waals surface area contributed by atoms with E-state index in [1.54, 1.807) is 6.92 Å². The number of hydrogen-bond acceptors (Lipinski definition) is 5. The zero-order valence-electron chi connectivity index (χ0n) is 11.6. The van der Waals surface area contributed by atoms with Crippen LogP contribution in [0.25, 0.3) is 0 Å². The second-order valence-electron chi connectivity index (χ2n) is 4.32. The number of ether oxygens (including phenoxy) is 1. The van der Waals surface area contributed by atoms with Gasteiger partial charge in [-0.3, -0.25) is 4.79 Å². The Hall–Kier alpha value is -1.83. The highest BCUT2D eigenvalue weighted by molar-refractivity contribution is 7.97. The highest BCUT2D eigenvalue weighted by atomic mass is 32.2. The largest absolute Gasteiger partial charge is 0.394 e. The zero-order valence-corrected chi connectivity index (χ0v) is 12.4. The van der Waals surface area contributed by atoms with Crippen LogP contribution in [0.5, 0.6) is 0 Å². The maximum Gasteiger partial charge on any atom is 0.343 e. The molecule has 21 heavy (non-hydrogen) atoms. The molecule has 2 rings (SSSR count). The first-order chi connectivity index (χ1) is 10.1. The van der Waals surface area contributed by atoms with E-state index in [0.717, 1.165) is 9.46 Å². The molecule has 0 amide bonds. The van der Waals surface area contributed by atoms with E-state index in [-0.39, 0.29) is 25.5 Å². The molecule has 1 aromatic heterocycles. The summed E-state index contributed by atoms with van der Waals surface area (Å²) in [6.45, 7) is 1.39. The van der Waals surface area contributed by atoms with Gasteiger partial charge in [-0.15, -0.1) is 0 Å². The molecule has 0 aliphatic carbocycles. The molecule has 1 heterocycles. The number of aliphatic hydroxyl groups excluding tert-OH is 1. The van der Waals surface area contributed by atoms with Gasteiger partial charge in [0.25, 0.3) is 5.56 Å². The quantitative estimate of drug-likeness (QED) is 0.801. The summed E-state index contributed by atoms with van der Waals surface area (Å²) >= 11 is 1.23. The number of nitrogens with zero attached hydrogens (tertiary/aromatic N) is 2. The number of hydrogen-bond donors (Lipinski definition) is 1. The topological polar surface area (TPSA) is 73.5 Å². The molecule has 0 spiro atoms. The van der Waals surface area contributed by atoms with Crippen molar-refractivity contribution in [2.24, 2.45) is 0 Å². The lowest BCUT2D eigenvalue weighted by atomic mass is 10.4. The van der Waals surface area contributed by atoms with Crippen molar-refractivity contribution >= 4 is 11.9 Å². The number of benzene rings is 1. The first-order valence-electron chi connectivity index (χ1n) is 6.38. The van der Waals surface area contributed by atoms with Gasteiger partial charge in [-0.25, -0.2) is 13.3 Å². The molecule has 0 aliphatic heterocycles. The van der Waals surface area contributed by atoms with E-state index < -0.39 is 5.69 Å². The van der Waals surface area contributed by atoms with Gasteiger partial charge >= 0.3 is 5.69 Å². The van der Waals surface area contributed by atoms with Crippen LogP contribution in [0.4, 0.5) is 0 Å². The summed E-state index contributed by atoms with van der Waals surface area (Å²) in [6, 6.07) is 9.40. The van der Waals surface area contributed by atoms with Crippen LogP contribution < -0.4 is 11.2 Å². The van der Waals surface area contributed by atoms with Crippen molar-refractivity contribution in [1.82, 2.24) is 8.54 Å². The van der Waals surface area contributed by atoms with E-state index >= 15 is 0 Å². The summed E-state index contributed by atoms with van der Waals surface area (Å²) in [5, 5.41) is 8.69. The minimum Gasteiger partial charge on any atom is -0.394 e. The predicted molar refractivity (Wildman–Crippen MR) is 80.4 cm³/mol. The van der Waals surface area contributed by atoms with Crippen molar-refractivity contribution in [3.8, 4) is 0 Å². The minimum atomic E-state index is -0.461. The van der Waals surface area contributed by atoms with Gasteiger partial charge in [-0.1, -0.05) is 18.2 Å². The molecular formula is C14H16N2O4S. The number of aromatic nitrogens is 2. The summed E-state index contributed by atoms with van der Waals surface area (Å²) in [5.74, 6) is 0. The zero-order chi connectivity index (χ0) is 15.2. The Bertz CT molecular complexity index is 709. The Labute approximate surface area is 125 Å². The van der Waals surface area contributed by atoms with Crippen LogP contribution in [0.2, 0.25) is 0 Å². The molecule has 0 fully saturated rings. The molecular weight excluding hydrogens is 292 g/mol. The first-order valence-corrected chi connectivity index (χ1v) is 7.16. The maximum atomic E-state index is 12.3. The molecule has 7 heteroatoms. The monoisotopic (exact) mass is 308 g/mol. The smallest absolute Gasteiger partial charge is 0.343 e. The van der Waals surface area contributed by atoms with Crippen LogP contribution in [0, 0.1) is 6.92 Å². The molecule has 0 unspecified atom stereocenters. The average molecular weight is 308 g/mol. The third-order valence-corrected chi connectivity index (χ3v) is 3.66. The Morgan fingerprint density at radius 1 is 1.24 bits per heavy atom. The Balaban J connectivity index is 2.34. The molecule has 0 radical (unpaired) electrons. The van der Waals surface area contributed by atoms with Gasteiger partial charge in [0, 0.05) is 16.7 Å². The summed E-state index contributed by atoms with van der Waals surface area (Å²) in [4.78, 5) is 25.2. The highest BCUT2D eigenvalue weighted by Crippen LogP contribution is 2.17. The van der Waals surface area contributed by atoms with Gasteiger partial charge in [0.05, 0.1) is 13.2 Å². The summed E-state index contributed by atoms with van der Waals surface area (Å²) in [7, 11) is 0. The third-order valence-electron chi connectivity index (χ3n) is 2.72. The van der Waals surface area contributed by atoms with E-state index in [0.29, 0.717) is 5.56 Å². The lowest BCUT2D eigenvalue weighted by Crippen LogP contribution is -2.39. The van der Waals surface area contributed by atoms with Crippen molar-refractivity contribution in [2.45, 2.75) is 18.6 Å². The maximum absolute atomic E-state index is 12.3. The molecule has 0 saturated heterocycles. The SMILES string of the molecule is Cc1cn(Sc2ccccc2)c(=O)n(COCCO)c1=O. The summed E-state index contributed by atoms with van der Waals surface area (Å²) in [6.07, 6.45) is 1.52. The normalized spacial score (nSPS) is 10.8. The van der Waals surface area contributed by atoms with Gasteiger partial charge in [0.1, 0.15) is 6.73 Å². The lowest BCUT2D eigenvalue weighted by molar-refractivity contribution is 0.0438. The summed E-state index contributed by atoms with van der Waals surface area (Å²) < 4.78 is 7.49. The van der Waals surface area contributed by atoms with Crippen molar-refractivity contribution in [3.63, 3.8) is 0 Å². The average Bonchev–Trinajstić information content (AvgIpc) is 2.49. The standard InChI is InChI=1S/C14H16N2O4S/c1-11-9-16(21-12-5-3-2-4-6-12)14(19)15(13(11)18)10-20-8-7-17/h2-6,9,17H,7-8,10H2,1H3. The Kier molecular flexibility index (Phi) is 5.38. The van der Waals surface area contributed by atoms with E-state index in [4.69, 9.17) is 9.84 Å². The molecule has 112 valence electrons. The predicted octanol–water partition coefficient (Wildman–Crippen LogP) is 0.840. The van der Waals surface area contributed by atoms with Crippen molar-refractivity contribution in [2.75, 3.05) is 13.2 Å². The van der Waals surface area contributed by atoms with Gasteiger partial charge in [0.15, 0.2) is 0 Å². The van der Waals surface area contributed by atoms with Crippen LogP contribution in [0.1, 0.15) is 5.56 Å². The van der Waals surface area contributed by atoms with Crippen LogP contribution >= 0.6 is 11.9 Å². The fourth-order valence-electron chi connectivity index (χ4n) is 1.70.